The number of nitrogens with zero attached hydrogens (tertiary/aromatic N) is 2. The lowest BCUT2D eigenvalue weighted by atomic mass is 10.0. The largest absolute Gasteiger partial charge is 0.292 e. The van der Waals surface area contributed by atoms with Crippen LogP contribution < -0.4 is 5.56 Å². The third-order valence-corrected chi connectivity index (χ3v) is 6.72. The van der Waals surface area contributed by atoms with Gasteiger partial charge in [0.05, 0.1) is 18.3 Å². The van der Waals surface area contributed by atoms with Crippen LogP contribution in [0.1, 0.15) is 35.7 Å². The van der Waals surface area contributed by atoms with Gasteiger partial charge >= 0.3 is 0 Å². The zero-order chi connectivity index (χ0) is 22.2. The van der Waals surface area contributed by atoms with Crippen LogP contribution in [-0.2, 0) is 6.54 Å². The lowest BCUT2D eigenvalue weighted by molar-refractivity contribution is 0.0970. The average Bonchev–Trinajstić information content (AvgIpc) is 3.25. The average molecular weight is 439 g/mol. The van der Waals surface area contributed by atoms with Gasteiger partial charge in [0.1, 0.15) is 4.83 Å². The number of ketones is 1. The summed E-state index contributed by atoms with van der Waals surface area (Å²) in [6.07, 6.45) is 1.48. The Morgan fingerprint density at radius 2 is 1.75 bits per heavy atom. The fourth-order valence-electron chi connectivity index (χ4n) is 3.95. The van der Waals surface area contributed by atoms with Gasteiger partial charge in [0.25, 0.3) is 5.56 Å². The van der Waals surface area contributed by atoms with Gasteiger partial charge in [-0.1, -0.05) is 74.5 Å². The van der Waals surface area contributed by atoms with Crippen LogP contribution in [0.2, 0.25) is 0 Å². The van der Waals surface area contributed by atoms with E-state index >= 15 is 0 Å². The molecule has 3 aromatic carbocycles. The van der Waals surface area contributed by atoms with E-state index in [1.807, 2.05) is 47.8 Å². The Bertz CT molecular complexity index is 1510. The SMILES string of the molecule is CC(C)c1ccc(C(=O)Cn2cnc3scc(-c4ccc5ccccc5c4)c3c2=O)cc1. The maximum absolute atomic E-state index is 13.3. The summed E-state index contributed by atoms with van der Waals surface area (Å²) in [5, 5.41) is 4.81. The Morgan fingerprint density at radius 3 is 2.50 bits per heavy atom. The molecule has 2 aromatic heterocycles. The predicted molar refractivity (Wildman–Crippen MR) is 132 cm³/mol. The van der Waals surface area contributed by atoms with Crippen LogP contribution in [0.25, 0.3) is 32.1 Å². The smallest absolute Gasteiger partial charge is 0.263 e. The third-order valence-electron chi connectivity index (χ3n) is 5.83. The topological polar surface area (TPSA) is 52.0 Å². The molecule has 0 aliphatic heterocycles. The highest BCUT2D eigenvalue weighted by molar-refractivity contribution is 7.17. The van der Waals surface area contributed by atoms with Crippen molar-refractivity contribution in [3.63, 3.8) is 0 Å². The minimum atomic E-state index is -0.188. The van der Waals surface area contributed by atoms with E-state index in [9.17, 15) is 9.59 Å². The summed E-state index contributed by atoms with van der Waals surface area (Å²) in [7, 11) is 0. The molecule has 0 saturated carbocycles. The zero-order valence-electron chi connectivity index (χ0n) is 17.9. The summed E-state index contributed by atoms with van der Waals surface area (Å²) in [5.41, 5.74) is 3.42. The minimum Gasteiger partial charge on any atom is -0.292 e. The highest BCUT2D eigenvalue weighted by Crippen LogP contribution is 2.32. The van der Waals surface area contributed by atoms with Crippen LogP contribution in [0, 0.1) is 0 Å². The highest BCUT2D eigenvalue weighted by Gasteiger charge is 2.16. The molecule has 0 fully saturated rings. The molecule has 32 heavy (non-hydrogen) atoms. The van der Waals surface area contributed by atoms with Gasteiger partial charge in [-0.05, 0) is 33.9 Å². The van der Waals surface area contributed by atoms with E-state index in [1.54, 1.807) is 0 Å². The Hall–Kier alpha value is -3.57. The van der Waals surface area contributed by atoms with Crippen molar-refractivity contribution in [2.45, 2.75) is 26.3 Å². The molecule has 158 valence electrons. The molecule has 5 aromatic rings. The highest BCUT2D eigenvalue weighted by atomic mass is 32.1. The second-order valence-electron chi connectivity index (χ2n) is 8.27. The van der Waals surface area contributed by atoms with E-state index in [4.69, 9.17) is 0 Å². The molecule has 0 aliphatic carbocycles. The van der Waals surface area contributed by atoms with E-state index in [0.29, 0.717) is 21.7 Å². The second kappa shape index (κ2) is 8.17. The molecule has 5 heteroatoms. The summed E-state index contributed by atoms with van der Waals surface area (Å²) < 4.78 is 1.41. The molecule has 0 unspecified atom stereocenters. The van der Waals surface area contributed by atoms with Gasteiger partial charge in [-0.25, -0.2) is 4.98 Å². The van der Waals surface area contributed by atoms with Crippen molar-refractivity contribution in [3.05, 3.63) is 99.9 Å². The fourth-order valence-corrected chi connectivity index (χ4v) is 4.86. The van der Waals surface area contributed by atoms with Crippen LogP contribution >= 0.6 is 11.3 Å². The number of fused-ring (bicyclic) bond motifs is 2. The molecule has 0 atom stereocenters. The van der Waals surface area contributed by atoms with Crippen LogP contribution in [0.4, 0.5) is 0 Å². The lowest BCUT2D eigenvalue weighted by Crippen LogP contribution is -2.24. The summed E-state index contributed by atoms with van der Waals surface area (Å²) in [5.74, 6) is 0.298. The Labute approximate surface area is 189 Å². The van der Waals surface area contributed by atoms with Crippen LogP contribution in [0.5, 0.6) is 0 Å². The molecular formula is C27H22N2O2S. The number of benzene rings is 3. The molecule has 0 aliphatic rings. The van der Waals surface area contributed by atoms with E-state index in [0.717, 1.165) is 21.9 Å². The fraction of sp³-hybridized carbons (Fsp3) is 0.148. The molecule has 0 saturated heterocycles. The molecule has 2 heterocycles. The summed E-state index contributed by atoms with van der Waals surface area (Å²) in [4.78, 5) is 31.3. The van der Waals surface area contributed by atoms with Crippen LogP contribution in [-0.4, -0.2) is 15.3 Å². The number of hydrogen-bond donors (Lipinski definition) is 0. The summed E-state index contributed by atoms with van der Waals surface area (Å²) >= 11 is 1.45. The number of carbonyl (C=O) groups excluding carboxylic acids is 1. The third kappa shape index (κ3) is 3.65. The predicted octanol–water partition coefficient (Wildman–Crippen LogP) is 6.28. The van der Waals surface area contributed by atoms with Gasteiger partial charge < -0.3 is 0 Å². The van der Waals surface area contributed by atoms with Crippen LogP contribution in [0.3, 0.4) is 0 Å². The quantitative estimate of drug-likeness (QED) is 0.303. The lowest BCUT2D eigenvalue weighted by Gasteiger charge is -2.08. The Kier molecular flexibility index (Phi) is 5.19. The Balaban J connectivity index is 1.52. The van der Waals surface area contributed by atoms with Crippen molar-refractivity contribution >= 4 is 38.1 Å². The van der Waals surface area contributed by atoms with Crippen molar-refractivity contribution < 1.29 is 4.79 Å². The number of aromatic nitrogens is 2. The molecule has 0 radical (unpaired) electrons. The van der Waals surface area contributed by atoms with Gasteiger partial charge in [-0.3, -0.25) is 14.2 Å². The molecule has 0 N–H and O–H groups in total. The Morgan fingerprint density at radius 1 is 1.00 bits per heavy atom. The first-order valence-corrected chi connectivity index (χ1v) is 11.5. The van der Waals surface area contributed by atoms with Gasteiger partial charge in [-0.2, -0.15) is 0 Å². The standard InChI is InChI=1S/C27H22N2O2S/c1-17(2)18-7-10-20(11-8-18)24(30)14-29-16-28-26-25(27(29)31)23(15-32-26)22-12-9-19-5-3-4-6-21(19)13-22/h3-13,15-17H,14H2,1-2H3. The van der Waals surface area contributed by atoms with Crippen LogP contribution in [0.15, 0.2) is 83.2 Å². The van der Waals surface area contributed by atoms with Crippen molar-refractivity contribution in [2.24, 2.45) is 0 Å². The molecular weight excluding hydrogens is 416 g/mol. The maximum Gasteiger partial charge on any atom is 0.263 e. The summed E-state index contributed by atoms with van der Waals surface area (Å²) in [6.45, 7) is 4.20. The van der Waals surface area contributed by atoms with Crippen molar-refractivity contribution in [1.29, 1.82) is 0 Å². The van der Waals surface area contributed by atoms with Crippen molar-refractivity contribution in [1.82, 2.24) is 9.55 Å². The van der Waals surface area contributed by atoms with E-state index in [-0.39, 0.29) is 17.9 Å². The second-order valence-corrected chi connectivity index (χ2v) is 9.13. The molecule has 5 rings (SSSR count). The van der Waals surface area contributed by atoms with Crippen molar-refractivity contribution in [3.8, 4) is 11.1 Å². The first-order chi connectivity index (χ1) is 15.5. The molecule has 4 nitrogen and oxygen atoms in total. The maximum atomic E-state index is 13.3. The zero-order valence-corrected chi connectivity index (χ0v) is 18.7. The van der Waals surface area contributed by atoms with Gasteiger partial charge in [0.15, 0.2) is 5.78 Å². The monoisotopic (exact) mass is 438 g/mol. The first kappa shape index (κ1) is 20.3. The van der Waals surface area contributed by atoms with E-state index in [2.05, 4.69) is 43.1 Å². The molecule has 0 bridgehead atoms. The number of hydrogen-bond acceptors (Lipinski definition) is 4. The minimum absolute atomic E-state index is 0.0319. The first-order valence-electron chi connectivity index (χ1n) is 10.6. The van der Waals surface area contributed by atoms with Gasteiger partial charge in [0, 0.05) is 16.5 Å². The molecule has 0 amide bonds. The number of thiophene rings is 1. The number of rotatable bonds is 5. The van der Waals surface area contributed by atoms with Crippen molar-refractivity contribution in [2.75, 3.05) is 0 Å². The van der Waals surface area contributed by atoms with Gasteiger partial charge in [0.2, 0.25) is 0 Å². The van der Waals surface area contributed by atoms with E-state index in [1.165, 1.54) is 27.8 Å². The van der Waals surface area contributed by atoms with E-state index < -0.39 is 0 Å². The summed E-state index contributed by atoms with van der Waals surface area (Å²) in [6, 6.07) is 21.9. The van der Waals surface area contributed by atoms with Gasteiger partial charge in [-0.15, -0.1) is 11.3 Å². The normalized spacial score (nSPS) is 11.5. The number of Topliss-reactive ketones (excluding diaryl/α,β-unsaturated/α-hetero) is 1. The molecule has 0 spiro atoms. The number of carbonyl (C=O) groups is 1.